The van der Waals surface area contributed by atoms with Gasteiger partial charge < -0.3 is 35.0 Å². The van der Waals surface area contributed by atoms with Crippen LogP contribution in [-0.2, 0) is 36.6 Å². The zero-order chi connectivity index (χ0) is 52.2. The number of unbranched alkanes of at least 4 members (excludes halogenated alkanes) is 1. The number of alkyl halides is 3. The number of nitrogens with one attached hydrogen (secondary N) is 2. The highest BCUT2D eigenvalue weighted by molar-refractivity contribution is 7.81. The molecule has 382 valence electrons. The number of halogens is 3. The van der Waals surface area contributed by atoms with E-state index in [0.29, 0.717) is 43.7 Å². The number of aliphatic hydroxyl groups excluding tert-OH is 1. The van der Waals surface area contributed by atoms with Gasteiger partial charge in [-0.3, -0.25) is 24.1 Å². The standard InChI is InChI=1S/C54H56F3N7O7S2/c1-33-46(73-32-60-33)37-10-8-34(9-11-37)29-59-48(67)44-27-41(65)30-62(44)49(68)47(52(2,3)4)61-45(66)31-70-24-5-6-25-71-42-20-15-36(16-21-42)35-12-17-39(18-13-35)64-51(72)63(50(69)53(64)22-7-23-53)40-19-14-38(28-58)43(26-40)54(55,56)57/h8-21,26,32,41,44,47,65H,5-7,22-25,27,29-31H2,1-4H3,(H,59,67)(H,61,66)/t41-,44+,47-/m1/s1. The van der Waals surface area contributed by atoms with Gasteiger partial charge in [0.05, 0.1) is 51.7 Å². The predicted octanol–water partition coefficient (Wildman–Crippen LogP) is 8.72. The van der Waals surface area contributed by atoms with Gasteiger partial charge in [-0.05, 0) is 121 Å². The summed E-state index contributed by atoms with van der Waals surface area (Å²) in [5.41, 5.74) is 3.65. The minimum atomic E-state index is -4.79. The molecule has 0 radical (unpaired) electrons. The maximum Gasteiger partial charge on any atom is 0.417 e. The number of likely N-dealkylation sites (tertiary alicyclic amines) is 1. The number of amides is 4. The van der Waals surface area contributed by atoms with E-state index in [4.69, 9.17) is 21.7 Å². The van der Waals surface area contributed by atoms with Crippen molar-refractivity contribution in [3.63, 3.8) is 0 Å². The number of thiocarbonyl (C=S) groups is 1. The van der Waals surface area contributed by atoms with Crippen molar-refractivity contribution in [3.05, 3.63) is 119 Å². The number of thiazole rings is 1. The van der Waals surface area contributed by atoms with Crippen molar-refractivity contribution in [3.8, 4) is 33.4 Å². The lowest BCUT2D eigenvalue weighted by atomic mass is 9.75. The SMILES string of the molecule is Cc1ncsc1-c1ccc(CNC(=O)[C@@H]2C[C@@H](O)CN2C(=O)[C@@H](NC(=O)COCCCCOc2ccc(-c3ccc(N4C(=S)N(c5ccc(C#N)c(C(F)(F)F)c5)C(=O)C45CCC5)cc3)cc2)C(C)(C)C)cc1. The van der Waals surface area contributed by atoms with E-state index in [-0.39, 0.29) is 49.4 Å². The molecule has 2 aliphatic heterocycles. The van der Waals surface area contributed by atoms with E-state index < -0.39 is 64.2 Å². The summed E-state index contributed by atoms with van der Waals surface area (Å²) in [4.78, 5) is 64.1. The molecule has 4 aromatic carbocycles. The summed E-state index contributed by atoms with van der Waals surface area (Å²) >= 11 is 7.33. The number of nitriles is 1. The van der Waals surface area contributed by atoms with Crippen LogP contribution in [0.3, 0.4) is 0 Å². The first-order valence-corrected chi connectivity index (χ1v) is 25.3. The maximum atomic E-state index is 14.0. The number of carbonyl (C=O) groups excluding carboxylic acids is 4. The molecule has 2 saturated heterocycles. The van der Waals surface area contributed by atoms with Crippen LogP contribution in [0.1, 0.15) is 81.7 Å². The van der Waals surface area contributed by atoms with Crippen molar-refractivity contribution in [1.82, 2.24) is 20.5 Å². The lowest BCUT2D eigenvalue weighted by Gasteiger charge is -2.43. The van der Waals surface area contributed by atoms with Crippen molar-refractivity contribution >= 4 is 63.7 Å². The van der Waals surface area contributed by atoms with E-state index in [1.807, 2.05) is 100 Å². The summed E-state index contributed by atoms with van der Waals surface area (Å²) in [6.45, 7) is 8.02. The van der Waals surface area contributed by atoms with Crippen LogP contribution in [0.5, 0.6) is 5.75 Å². The average Bonchev–Trinajstić information content (AvgIpc) is 4.04. The van der Waals surface area contributed by atoms with Crippen LogP contribution in [0.4, 0.5) is 24.5 Å². The predicted molar refractivity (Wildman–Crippen MR) is 274 cm³/mol. The molecular formula is C54H56F3N7O7S2. The van der Waals surface area contributed by atoms with E-state index >= 15 is 0 Å². The number of ether oxygens (including phenoxy) is 2. The van der Waals surface area contributed by atoms with Gasteiger partial charge in [0.2, 0.25) is 17.7 Å². The number of benzene rings is 4. The summed E-state index contributed by atoms with van der Waals surface area (Å²) in [6.07, 6.45) is -2.62. The van der Waals surface area contributed by atoms with Crippen LogP contribution in [0.2, 0.25) is 0 Å². The van der Waals surface area contributed by atoms with E-state index in [0.717, 1.165) is 56.3 Å². The first-order valence-electron chi connectivity index (χ1n) is 24.1. The molecule has 3 aliphatic rings. The number of nitrogens with zero attached hydrogens (tertiary/aromatic N) is 5. The Kier molecular flexibility index (Phi) is 15.7. The molecule has 8 rings (SSSR count). The quantitative estimate of drug-likeness (QED) is 0.0600. The van der Waals surface area contributed by atoms with Gasteiger partial charge in [-0.2, -0.15) is 18.4 Å². The first kappa shape index (κ1) is 52.6. The second-order valence-electron chi connectivity index (χ2n) is 19.6. The summed E-state index contributed by atoms with van der Waals surface area (Å²) < 4.78 is 53.2. The number of hydrogen-bond acceptors (Lipinski definition) is 11. The van der Waals surface area contributed by atoms with Crippen LogP contribution in [-0.4, -0.2) is 93.8 Å². The van der Waals surface area contributed by atoms with E-state index in [1.54, 1.807) is 27.8 Å². The maximum absolute atomic E-state index is 14.0. The number of rotatable bonds is 17. The molecule has 19 heteroatoms. The van der Waals surface area contributed by atoms with Crippen LogP contribution in [0.25, 0.3) is 21.6 Å². The highest BCUT2D eigenvalue weighted by Gasteiger charge is 2.59. The van der Waals surface area contributed by atoms with Gasteiger partial charge in [0, 0.05) is 31.8 Å². The smallest absolute Gasteiger partial charge is 0.417 e. The van der Waals surface area contributed by atoms with Crippen LogP contribution in [0, 0.1) is 23.7 Å². The van der Waals surface area contributed by atoms with Crippen molar-refractivity contribution in [2.24, 2.45) is 5.41 Å². The Morgan fingerprint density at radius 1 is 0.945 bits per heavy atom. The minimum Gasteiger partial charge on any atom is -0.494 e. The Hall–Kier alpha value is -6.72. The van der Waals surface area contributed by atoms with Crippen molar-refractivity contribution < 1.29 is 46.9 Å². The molecule has 0 unspecified atom stereocenters. The zero-order valence-corrected chi connectivity index (χ0v) is 42.5. The lowest BCUT2D eigenvalue weighted by molar-refractivity contribution is -0.144. The molecule has 0 bridgehead atoms. The highest BCUT2D eigenvalue weighted by atomic mass is 32.1. The molecule has 14 nitrogen and oxygen atoms in total. The summed E-state index contributed by atoms with van der Waals surface area (Å²) in [5, 5.41) is 25.7. The minimum absolute atomic E-state index is 0.0339. The molecule has 4 amide bonds. The third kappa shape index (κ3) is 11.4. The van der Waals surface area contributed by atoms with Crippen molar-refractivity contribution in [1.29, 1.82) is 5.26 Å². The number of anilines is 2. The fourth-order valence-electron chi connectivity index (χ4n) is 9.40. The summed E-state index contributed by atoms with van der Waals surface area (Å²) in [6, 6.07) is 25.7. The Morgan fingerprint density at radius 3 is 2.19 bits per heavy atom. The summed E-state index contributed by atoms with van der Waals surface area (Å²) in [5.74, 6) is -1.07. The van der Waals surface area contributed by atoms with Crippen molar-refractivity contribution in [2.45, 2.75) is 103 Å². The lowest BCUT2D eigenvalue weighted by Crippen LogP contribution is -2.58. The topological polar surface area (TPSA) is 177 Å². The molecule has 3 N–H and O–H groups in total. The number of aliphatic hydroxyl groups is 1. The zero-order valence-electron chi connectivity index (χ0n) is 40.8. The van der Waals surface area contributed by atoms with E-state index in [9.17, 15) is 42.7 Å². The Bertz CT molecular complexity index is 2900. The van der Waals surface area contributed by atoms with Crippen molar-refractivity contribution in [2.75, 3.05) is 36.2 Å². The van der Waals surface area contributed by atoms with Crippen LogP contribution >= 0.6 is 23.6 Å². The van der Waals surface area contributed by atoms with Gasteiger partial charge in [-0.1, -0.05) is 69.3 Å². The van der Waals surface area contributed by atoms with Gasteiger partial charge in [0.25, 0.3) is 5.91 Å². The Balaban J connectivity index is 0.773. The van der Waals surface area contributed by atoms with Gasteiger partial charge in [-0.15, -0.1) is 11.3 Å². The molecule has 1 aromatic heterocycles. The molecule has 1 aliphatic carbocycles. The number of hydrogen-bond donors (Lipinski definition) is 3. The normalized spacial score (nSPS) is 17.9. The van der Waals surface area contributed by atoms with Crippen LogP contribution in [0.15, 0.2) is 96.5 Å². The second-order valence-corrected chi connectivity index (χ2v) is 20.8. The molecule has 1 saturated carbocycles. The molecule has 73 heavy (non-hydrogen) atoms. The van der Waals surface area contributed by atoms with Gasteiger partial charge in [-0.25, -0.2) is 4.98 Å². The molecule has 3 atom stereocenters. The van der Waals surface area contributed by atoms with E-state index in [1.165, 1.54) is 11.0 Å². The third-order valence-corrected chi connectivity index (χ3v) is 14.8. The molecule has 3 heterocycles. The number of aromatic nitrogens is 1. The fraction of sp³-hybridized carbons (Fsp3) is 0.389. The third-order valence-electron chi connectivity index (χ3n) is 13.5. The van der Waals surface area contributed by atoms with Crippen LogP contribution < -0.4 is 25.2 Å². The first-order chi connectivity index (χ1) is 34.8. The fourth-order valence-corrected chi connectivity index (χ4v) is 10.7. The molecule has 1 spiro atoms. The Morgan fingerprint density at radius 2 is 1.59 bits per heavy atom. The van der Waals surface area contributed by atoms with Gasteiger partial charge in [0.15, 0.2) is 5.11 Å². The molecule has 5 aromatic rings. The Labute approximate surface area is 431 Å². The van der Waals surface area contributed by atoms with Gasteiger partial charge >= 0.3 is 6.18 Å². The number of β-amino-alcohol motifs (C(OH)–C–C–N with tert-alkyl or cyclic N) is 1. The summed E-state index contributed by atoms with van der Waals surface area (Å²) in [7, 11) is 0. The molecule has 3 fully saturated rings. The van der Waals surface area contributed by atoms with E-state index in [2.05, 4.69) is 15.6 Å². The number of aryl methyl sites for hydroxylation is 1. The monoisotopic (exact) mass is 1040 g/mol. The largest absolute Gasteiger partial charge is 0.494 e. The van der Waals surface area contributed by atoms with Gasteiger partial charge in [0.1, 0.15) is 30.0 Å². The second kappa shape index (κ2) is 21.8. The highest BCUT2D eigenvalue weighted by Crippen LogP contribution is 2.49. The molecular weight excluding hydrogens is 980 g/mol. The average molecular weight is 1040 g/mol. The number of carbonyl (C=O) groups is 4.